The Balaban J connectivity index is 3.01. The maximum Gasteiger partial charge on any atom is 0.405 e. The van der Waals surface area contributed by atoms with Crippen LogP contribution >= 0.6 is 0 Å². The molecule has 0 unspecified atom stereocenters. The van der Waals surface area contributed by atoms with Crippen LogP contribution in [-0.4, -0.2) is 31.0 Å². The molecule has 0 aliphatic carbocycles. The zero-order valence-electron chi connectivity index (χ0n) is 8.84. The molecule has 0 amide bonds. The number of hydrogen-bond donors (Lipinski definition) is 2. The number of rotatable bonds is 4. The average Bonchev–Trinajstić information content (AvgIpc) is 2.19. The second kappa shape index (κ2) is 5.22. The van der Waals surface area contributed by atoms with Gasteiger partial charge in [0.2, 0.25) is 0 Å². The Labute approximate surface area is 95.4 Å². The van der Waals surface area contributed by atoms with Crippen LogP contribution in [0.4, 0.5) is 28.9 Å². The molecule has 0 bridgehead atoms. The van der Waals surface area contributed by atoms with Crippen LogP contribution in [0.25, 0.3) is 0 Å². The Kier molecular flexibility index (Phi) is 4.17. The molecule has 17 heavy (non-hydrogen) atoms. The number of para-hydroxylation sites is 1. The average molecular weight is 252 g/mol. The zero-order chi connectivity index (χ0) is 13.1. The fourth-order valence-corrected chi connectivity index (χ4v) is 1.42. The van der Waals surface area contributed by atoms with Crippen molar-refractivity contribution in [2.75, 3.05) is 30.3 Å². The predicted octanol–water partition coefficient (Wildman–Crippen LogP) is 1.77. The number of aliphatic hydroxyl groups excluding tert-OH is 1. The molecule has 3 nitrogen and oxygen atoms in total. The smallest absolute Gasteiger partial charge is 0.395 e. The lowest BCUT2D eigenvalue weighted by Gasteiger charge is -2.26. The fraction of sp³-hybridized carbons (Fsp3) is 0.400. The third kappa shape index (κ3) is 3.77. The second-order valence-corrected chi connectivity index (χ2v) is 3.43. The summed E-state index contributed by atoms with van der Waals surface area (Å²) in [5, 5.41) is 8.71. The summed E-state index contributed by atoms with van der Waals surface area (Å²) in [7, 11) is 0. The Hall–Kier alpha value is -1.50. The molecule has 0 spiro atoms. The fourth-order valence-electron chi connectivity index (χ4n) is 1.42. The third-order valence-electron chi connectivity index (χ3n) is 2.11. The number of anilines is 2. The van der Waals surface area contributed by atoms with Gasteiger partial charge in [-0.05, 0) is 12.1 Å². The van der Waals surface area contributed by atoms with Crippen molar-refractivity contribution < 1.29 is 22.7 Å². The molecule has 0 atom stereocenters. The predicted molar refractivity (Wildman–Crippen MR) is 56.2 cm³/mol. The van der Waals surface area contributed by atoms with Gasteiger partial charge in [-0.25, -0.2) is 4.39 Å². The highest BCUT2D eigenvalue weighted by molar-refractivity contribution is 5.68. The lowest BCUT2D eigenvalue weighted by Crippen LogP contribution is -2.36. The summed E-state index contributed by atoms with van der Waals surface area (Å²) < 4.78 is 50.0. The summed E-state index contributed by atoms with van der Waals surface area (Å²) in [6.07, 6.45) is -4.45. The quantitative estimate of drug-likeness (QED) is 0.634. The monoisotopic (exact) mass is 252 g/mol. The summed E-state index contributed by atoms with van der Waals surface area (Å²) in [4.78, 5) is 0.790. The van der Waals surface area contributed by atoms with Gasteiger partial charge in [-0.2, -0.15) is 13.2 Å². The number of nitrogens with zero attached hydrogens (tertiary/aromatic N) is 1. The minimum Gasteiger partial charge on any atom is -0.395 e. The summed E-state index contributed by atoms with van der Waals surface area (Å²) >= 11 is 0. The van der Waals surface area contributed by atoms with E-state index in [2.05, 4.69) is 0 Å². The summed E-state index contributed by atoms with van der Waals surface area (Å²) in [6.45, 7) is -2.04. The first-order valence-electron chi connectivity index (χ1n) is 4.81. The number of nitrogens with two attached hydrogens (primary N) is 1. The van der Waals surface area contributed by atoms with Crippen molar-refractivity contribution in [3.63, 3.8) is 0 Å². The normalized spacial score (nSPS) is 11.6. The van der Waals surface area contributed by atoms with E-state index in [9.17, 15) is 17.6 Å². The van der Waals surface area contributed by atoms with Gasteiger partial charge in [-0.3, -0.25) is 0 Å². The minimum atomic E-state index is -4.45. The van der Waals surface area contributed by atoms with Crippen LogP contribution in [0, 0.1) is 5.82 Å². The zero-order valence-corrected chi connectivity index (χ0v) is 8.84. The lowest BCUT2D eigenvalue weighted by atomic mass is 10.2. The topological polar surface area (TPSA) is 49.5 Å². The van der Waals surface area contributed by atoms with Gasteiger partial charge in [0, 0.05) is 6.54 Å². The van der Waals surface area contributed by atoms with Crippen molar-refractivity contribution in [3.8, 4) is 0 Å². The molecule has 0 aliphatic rings. The van der Waals surface area contributed by atoms with E-state index in [-0.39, 0.29) is 17.9 Å². The van der Waals surface area contributed by atoms with Gasteiger partial charge < -0.3 is 15.7 Å². The summed E-state index contributed by atoms with van der Waals surface area (Å²) in [5.74, 6) is -0.785. The molecule has 0 saturated heterocycles. The Morgan fingerprint density at radius 1 is 1.29 bits per heavy atom. The minimum absolute atomic E-state index is 0.0728. The van der Waals surface area contributed by atoms with Crippen LogP contribution in [0.3, 0.4) is 0 Å². The van der Waals surface area contributed by atoms with Crippen molar-refractivity contribution in [3.05, 3.63) is 24.0 Å². The number of hydrogen-bond acceptors (Lipinski definition) is 3. The molecule has 7 heteroatoms. The molecule has 0 aliphatic heterocycles. The van der Waals surface area contributed by atoms with Gasteiger partial charge in [-0.1, -0.05) is 6.07 Å². The Bertz CT molecular complexity index is 381. The van der Waals surface area contributed by atoms with Crippen LogP contribution in [-0.2, 0) is 0 Å². The third-order valence-corrected chi connectivity index (χ3v) is 2.11. The van der Waals surface area contributed by atoms with E-state index in [1.54, 1.807) is 0 Å². The molecule has 0 saturated carbocycles. The number of alkyl halides is 3. The van der Waals surface area contributed by atoms with Crippen molar-refractivity contribution in [1.29, 1.82) is 0 Å². The van der Waals surface area contributed by atoms with Crippen molar-refractivity contribution in [2.24, 2.45) is 0 Å². The highest BCUT2D eigenvalue weighted by Crippen LogP contribution is 2.28. The van der Waals surface area contributed by atoms with E-state index in [0.29, 0.717) is 0 Å². The van der Waals surface area contributed by atoms with E-state index < -0.39 is 25.1 Å². The Morgan fingerprint density at radius 3 is 2.47 bits per heavy atom. The van der Waals surface area contributed by atoms with Gasteiger partial charge in [0.1, 0.15) is 12.4 Å². The van der Waals surface area contributed by atoms with E-state index >= 15 is 0 Å². The number of aliphatic hydroxyl groups is 1. The molecular weight excluding hydrogens is 240 g/mol. The molecule has 1 aromatic carbocycles. The van der Waals surface area contributed by atoms with E-state index in [4.69, 9.17) is 10.8 Å². The van der Waals surface area contributed by atoms with E-state index in [1.807, 2.05) is 0 Å². The van der Waals surface area contributed by atoms with E-state index in [1.165, 1.54) is 12.1 Å². The van der Waals surface area contributed by atoms with Crippen molar-refractivity contribution >= 4 is 11.4 Å². The largest absolute Gasteiger partial charge is 0.405 e. The molecule has 3 N–H and O–H groups in total. The molecule has 0 radical (unpaired) electrons. The molecular formula is C10H12F4N2O. The van der Waals surface area contributed by atoms with Gasteiger partial charge in [-0.15, -0.1) is 0 Å². The molecule has 1 rings (SSSR count). The maximum absolute atomic E-state index is 13.1. The SMILES string of the molecule is Nc1c(F)cccc1N(CCO)CC(F)(F)F. The van der Waals surface area contributed by atoms with Crippen LogP contribution in [0.15, 0.2) is 18.2 Å². The van der Waals surface area contributed by atoms with Crippen LogP contribution in [0.1, 0.15) is 0 Å². The standard InChI is InChI=1S/C10H12F4N2O/c11-7-2-1-3-8(9(7)15)16(4-5-17)6-10(12,13)14/h1-3,17H,4-6,15H2. The molecule has 1 aromatic rings. The highest BCUT2D eigenvalue weighted by atomic mass is 19.4. The molecule has 96 valence electrons. The molecule has 0 fully saturated rings. The van der Waals surface area contributed by atoms with Gasteiger partial charge in [0.05, 0.1) is 18.0 Å². The first-order valence-corrected chi connectivity index (χ1v) is 4.81. The van der Waals surface area contributed by atoms with E-state index in [0.717, 1.165) is 11.0 Å². The van der Waals surface area contributed by atoms with Crippen LogP contribution < -0.4 is 10.6 Å². The van der Waals surface area contributed by atoms with Crippen LogP contribution in [0.2, 0.25) is 0 Å². The van der Waals surface area contributed by atoms with Crippen molar-refractivity contribution in [1.82, 2.24) is 0 Å². The van der Waals surface area contributed by atoms with Crippen molar-refractivity contribution in [2.45, 2.75) is 6.18 Å². The Morgan fingerprint density at radius 2 is 1.94 bits per heavy atom. The molecule has 0 aromatic heterocycles. The van der Waals surface area contributed by atoms with Gasteiger partial charge in [0.15, 0.2) is 0 Å². The lowest BCUT2D eigenvalue weighted by molar-refractivity contribution is -0.119. The highest BCUT2D eigenvalue weighted by Gasteiger charge is 2.31. The number of halogens is 4. The van der Waals surface area contributed by atoms with Gasteiger partial charge in [0.25, 0.3) is 0 Å². The maximum atomic E-state index is 13.1. The first kappa shape index (κ1) is 13.6. The van der Waals surface area contributed by atoms with Gasteiger partial charge >= 0.3 is 6.18 Å². The summed E-state index contributed by atoms with van der Waals surface area (Å²) in [5.41, 5.74) is 4.94. The summed E-state index contributed by atoms with van der Waals surface area (Å²) in [6, 6.07) is 3.60. The second-order valence-electron chi connectivity index (χ2n) is 3.43. The first-order chi connectivity index (χ1) is 7.85. The number of benzene rings is 1. The van der Waals surface area contributed by atoms with Crippen LogP contribution in [0.5, 0.6) is 0 Å². The molecule has 0 heterocycles. The number of nitrogen functional groups attached to an aromatic ring is 1.